The number of nitrogens with zero attached hydrogens (tertiary/aromatic N) is 3. The van der Waals surface area contributed by atoms with Crippen LogP contribution in [0.5, 0.6) is 0 Å². The number of carbonyl (C=O) groups excluding carboxylic acids is 4. The van der Waals surface area contributed by atoms with Crippen molar-refractivity contribution in [1.29, 1.82) is 0 Å². The lowest BCUT2D eigenvalue weighted by Gasteiger charge is -2.42. The number of carbonyl (C=O) groups is 4. The molecule has 0 unspecified atom stereocenters. The van der Waals surface area contributed by atoms with Crippen molar-refractivity contribution in [3.63, 3.8) is 0 Å². The highest BCUT2D eigenvalue weighted by molar-refractivity contribution is 6.09. The van der Waals surface area contributed by atoms with Crippen LogP contribution in [0.4, 0.5) is 4.79 Å². The summed E-state index contributed by atoms with van der Waals surface area (Å²) in [6.45, 7) is 8.11. The van der Waals surface area contributed by atoms with Gasteiger partial charge in [-0.05, 0) is 49.1 Å². The van der Waals surface area contributed by atoms with E-state index in [-0.39, 0.29) is 29.7 Å². The van der Waals surface area contributed by atoms with Gasteiger partial charge in [-0.3, -0.25) is 19.3 Å². The molecule has 34 heavy (non-hydrogen) atoms. The topological polar surface area (TPSA) is 90.0 Å². The molecule has 1 spiro atoms. The second-order valence-electron chi connectivity index (χ2n) is 10.6. The molecule has 3 aliphatic rings. The number of piperazine rings is 1. The zero-order valence-corrected chi connectivity index (χ0v) is 20.5. The first-order valence-electron chi connectivity index (χ1n) is 12.4. The lowest BCUT2D eigenvalue weighted by molar-refractivity contribution is -0.140. The first-order valence-corrected chi connectivity index (χ1v) is 12.4. The molecule has 1 N–H and O–H groups in total. The van der Waals surface area contributed by atoms with Gasteiger partial charge >= 0.3 is 6.03 Å². The summed E-state index contributed by atoms with van der Waals surface area (Å²) in [4.78, 5) is 56.0. The second kappa shape index (κ2) is 9.39. The van der Waals surface area contributed by atoms with Crippen molar-refractivity contribution in [2.75, 3.05) is 32.7 Å². The van der Waals surface area contributed by atoms with Crippen LogP contribution in [0, 0.1) is 11.3 Å². The molecule has 0 atom stereocenters. The maximum absolute atomic E-state index is 13.3. The first-order chi connectivity index (χ1) is 16.2. The molecule has 4 rings (SSSR count). The monoisotopic (exact) mass is 468 g/mol. The molecule has 5 amide bonds. The lowest BCUT2D eigenvalue weighted by Crippen LogP contribution is -2.54. The first kappa shape index (κ1) is 24.2. The molecular formula is C26H36N4O4. The van der Waals surface area contributed by atoms with E-state index in [1.165, 1.54) is 0 Å². The van der Waals surface area contributed by atoms with E-state index in [9.17, 15) is 19.2 Å². The smallest absolute Gasteiger partial charge is 0.325 e. The Labute approximate surface area is 201 Å². The van der Waals surface area contributed by atoms with Crippen LogP contribution < -0.4 is 5.32 Å². The van der Waals surface area contributed by atoms with Gasteiger partial charge in [0.25, 0.3) is 11.8 Å². The Hall–Kier alpha value is -2.90. The van der Waals surface area contributed by atoms with E-state index < -0.39 is 11.6 Å². The molecule has 2 heterocycles. The van der Waals surface area contributed by atoms with E-state index in [1.54, 1.807) is 21.9 Å². The fraction of sp³-hybridized carbons (Fsp3) is 0.615. The van der Waals surface area contributed by atoms with Crippen molar-refractivity contribution >= 4 is 23.8 Å². The number of urea groups is 1. The molecule has 2 saturated heterocycles. The minimum Gasteiger partial charge on any atom is -0.338 e. The van der Waals surface area contributed by atoms with Gasteiger partial charge < -0.3 is 15.1 Å². The zero-order chi connectivity index (χ0) is 24.5. The third kappa shape index (κ3) is 4.55. The Morgan fingerprint density at radius 2 is 1.59 bits per heavy atom. The Morgan fingerprint density at radius 1 is 1.00 bits per heavy atom. The largest absolute Gasteiger partial charge is 0.338 e. The van der Waals surface area contributed by atoms with Crippen molar-refractivity contribution < 1.29 is 19.2 Å². The van der Waals surface area contributed by atoms with Gasteiger partial charge in [0.15, 0.2) is 0 Å². The summed E-state index contributed by atoms with van der Waals surface area (Å²) < 4.78 is 0. The van der Waals surface area contributed by atoms with Crippen LogP contribution in [-0.2, 0) is 9.59 Å². The van der Waals surface area contributed by atoms with Crippen molar-refractivity contribution in [2.45, 2.75) is 58.4 Å². The molecule has 1 saturated carbocycles. The van der Waals surface area contributed by atoms with E-state index in [0.29, 0.717) is 50.5 Å². The van der Waals surface area contributed by atoms with E-state index in [1.807, 2.05) is 18.2 Å². The van der Waals surface area contributed by atoms with Gasteiger partial charge in [0.1, 0.15) is 12.1 Å². The summed E-state index contributed by atoms with van der Waals surface area (Å²) >= 11 is 0. The van der Waals surface area contributed by atoms with Crippen LogP contribution in [0.25, 0.3) is 0 Å². The summed E-state index contributed by atoms with van der Waals surface area (Å²) in [6.07, 6.45) is 4.11. The minimum atomic E-state index is -0.863. The summed E-state index contributed by atoms with van der Waals surface area (Å²) in [5.74, 6) is -0.0475. The quantitative estimate of drug-likeness (QED) is 0.673. The molecule has 1 aliphatic carbocycles. The molecule has 8 heteroatoms. The summed E-state index contributed by atoms with van der Waals surface area (Å²) in [6, 6.07) is 8.62. The Bertz CT molecular complexity index is 945. The molecule has 0 radical (unpaired) electrons. The molecule has 8 nitrogen and oxygen atoms in total. The van der Waals surface area contributed by atoms with Crippen molar-refractivity contribution in [1.82, 2.24) is 20.0 Å². The van der Waals surface area contributed by atoms with Gasteiger partial charge in [0, 0.05) is 31.7 Å². The number of hydrogen-bond donors (Lipinski definition) is 1. The van der Waals surface area contributed by atoms with E-state index in [4.69, 9.17) is 0 Å². The number of nitrogens with one attached hydrogen (secondary N) is 1. The third-order valence-electron chi connectivity index (χ3n) is 8.34. The van der Waals surface area contributed by atoms with Crippen LogP contribution >= 0.6 is 0 Å². The Balaban J connectivity index is 1.31. The third-order valence-corrected chi connectivity index (χ3v) is 8.34. The minimum absolute atomic E-state index is 0.0504. The van der Waals surface area contributed by atoms with Gasteiger partial charge in [-0.1, -0.05) is 45.4 Å². The number of imide groups is 1. The van der Waals surface area contributed by atoms with E-state index in [0.717, 1.165) is 24.2 Å². The summed E-state index contributed by atoms with van der Waals surface area (Å²) in [5, 5.41) is 2.92. The van der Waals surface area contributed by atoms with Gasteiger partial charge in [0.2, 0.25) is 5.91 Å². The van der Waals surface area contributed by atoms with Crippen molar-refractivity contribution in [3.8, 4) is 0 Å². The van der Waals surface area contributed by atoms with Gasteiger partial charge in [-0.15, -0.1) is 0 Å². The van der Waals surface area contributed by atoms with Crippen LogP contribution in [0.1, 0.15) is 63.2 Å². The number of rotatable bonds is 5. The molecule has 1 aromatic rings. The highest BCUT2D eigenvalue weighted by atomic mass is 16.2. The molecular weight excluding hydrogens is 432 g/mol. The predicted octanol–water partition coefficient (Wildman–Crippen LogP) is 2.89. The maximum atomic E-state index is 13.3. The molecule has 3 fully saturated rings. The molecule has 1 aromatic carbocycles. The molecule has 184 valence electrons. The number of amides is 5. The molecule has 0 bridgehead atoms. The van der Waals surface area contributed by atoms with Crippen LogP contribution in [0.2, 0.25) is 0 Å². The summed E-state index contributed by atoms with van der Waals surface area (Å²) in [5.41, 5.74) is -0.0187. The molecule has 0 aromatic heterocycles. The van der Waals surface area contributed by atoms with Crippen LogP contribution in [0.3, 0.4) is 0 Å². The predicted molar refractivity (Wildman–Crippen MR) is 128 cm³/mol. The van der Waals surface area contributed by atoms with Crippen LogP contribution in [-0.4, -0.2) is 76.7 Å². The Morgan fingerprint density at radius 3 is 2.18 bits per heavy atom. The zero-order valence-electron chi connectivity index (χ0n) is 20.5. The van der Waals surface area contributed by atoms with Gasteiger partial charge in [-0.2, -0.15) is 0 Å². The lowest BCUT2D eigenvalue weighted by atomic mass is 9.65. The Kier molecular flexibility index (Phi) is 6.69. The highest BCUT2D eigenvalue weighted by Crippen LogP contribution is 2.45. The SMILES string of the molecule is CCC(C)(C)C1CCC2(CC1)NC(=O)N(CC(=O)N1CCN(C(=O)c3ccccc3)CC1)C2=O. The molecule has 2 aliphatic heterocycles. The fourth-order valence-corrected chi connectivity index (χ4v) is 5.50. The normalized spacial score (nSPS) is 25.6. The maximum Gasteiger partial charge on any atom is 0.325 e. The van der Waals surface area contributed by atoms with Crippen molar-refractivity contribution in [3.05, 3.63) is 35.9 Å². The highest BCUT2D eigenvalue weighted by Gasteiger charge is 2.54. The van der Waals surface area contributed by atoms with Crippen molar-refractivity contribution in [2.24, 2.45) is 11.3 Å². The van der Waals surface area contributed by atoms with E-state index >= 15 is 0 Å². The average molecular weight is 469 g/mol. The summed E-state index contributed by atoms with van der Waals surface area (Å²) in [7, 11) is 0. The fourth-order valence-electron chi connectivity index (χ4n) is 5.50. The second-order valence-corrected chi connectivity index (χ2v) is 10.6. The van der Waals surface area contributed by atoms with Crippen LogP contribution in [0.15, 0.2) is 30.3 Å². The van der Waals surface area contributed by atoms with E-state index in [2.05, 4.69) is 26.1 Å². The average Bonchev–Trinajstić information content (AvgIpc) is 3.08. The number of benzene rings is 1. The standard InChI is InChI=1S/C26H36N4O4/c1-4-25(2,3)20-10-12-26(13-11-20)23(33)30(24(34)27-26)18-21(31)28-14-16-29(17-15-28)22(32)19-8-6-5-7-9-19/h5-9,20H,4,10-18H2,1-3H3,(H,27,34). The number of hydrogen-bond acceptors (Lipinski definition) is 4. The van der Waals surface area contributed by atoms with Gasteiger partial charge in [0.05, 0.1) is 0 Å². The van der Waals surface area contributed by atoms with Gasteiger partial charge in [-0.25, -0.2) is 4.79 Å².